The number of benzene rings is 1. The zero-order chi connectivity index (χ0) is 18.7. The third kappa shape index (κ3) is 4.17. The number of allylic oxidation sites excluding steroid dienone is 2. The van der Waals surface area contributed by atoms with Gasteiger partial charge in [-0.15, -0.1) is 11.8 Å². The predicted octanol–water partition coefficient (Wildman–Crippen LogP) is 5.01. The fourth-order valence-corrected chi connectivity index (χ4v) is 5.24. The van der Waals surface area contributed by atoms with Gasteiger partial charge in [-0.1, -0.05) is 32.9 Å². The van der Waals surface area contributed by atoms with Crippen LogP contribution in [0.3, 0.4) is 0 Å². The Morgan fingerprint density at radius 3 is 2.85 bits per heavy atom. The Kier molecular flexibility index (Phi) is 5.81. The molecule has 3 nitrogen and oxygen atoms in total. The molecule has 2 aliphatic rings. The van der Waals surface area contributed by atoms with E-state index in [4.69, 9.17) is 0 Å². The van der Waals surface area contributed by atoms with Gasteiger partial charge >= 0.3 is 5.97 Å². The first-order valence-corrected chi connectivity index (χ1v) is 10.5. The Morgan fingerprint density at radius 2 is 2.12 bits per heavy atom. The van der Waals surface area contributed by atoms with Crippen molar-refractivity contribution < 1.29 is 9.90 Å². The summed E-state index contributed by atoms with van der Waals surface area (Å²) in [6, 6.07) is 6.81. The summed E-state index contributed by atoms with van der Waals surface area (Å²) in [7, 11) is 0. The van der Waals surface area contributed by atoms with E-state index in [0.29, 0.717) is 12.1 Å². The summed E-state index contributed by atoms with van der Waals surface area (Å²) in [6.07, 6.45) is 7.95. The molecule has 0 saturated carbocycles. The van der Waals surface area contributed by atoms with Crippen LogP contribution < -0.4 is 0 Å². The molecule has 1 N–H and O–H groups in total. The van der Waals surface area contributed by atoms with Crippen LogP contribution in [-0.2, 0) is 16.6 Å². The first-order valence-electron chi connectivity index (χ1n) is 9.54. The molecule has 1 aromatic rings. The summed E-state index contributed by atoms with van der Waals surface area (Å²) in [5.74, 6) is 0.404. The lowest BCUT2D eigenvalue weighted by molar-refractivity contribution is -0.133. The average molecular weight is 372 g/mol. The molecule has 2 heterocycles. The lowest BCUT2D eigenvalue weighted by atomic mass is 9.80. The SMILES string of the molecule is CCCN1C=CC(CCc2ccc3c(c2)C(C)(C)CCS3)=C(C(=O)O)C1. The van der Waals surface area contributed by atoms with Crippen LogP contribution in [0.15, 0.2) is 46.5 Å². The van der Waals surface area contributed by atoms with Gasteiger partial charge in [0.15, 0.2) is 0 Å². The minimum absolute atomic E-state index is 0.230. The number of carboxylic acid groups (broad SMARTS) is 1. The van der Waals surface area contributed by atoms with Crippen molar-refractivity contribution in [2.24, 2.45) is 0 Å². The molecule has 1 aromatic carbocycles. The normalized spacial score (nSPS) is 18.8. The molecule has 0 atom stereocenters. The minimum Gasteiger partial charge on any atom is -0.478 e. The van der Waals surface area contributed by atoms with Crippen LogP contribution in [-0.4, -0.2) is 34.8 Å². The van der Waals surface area contributed by atoms with Crippen molar-refractivity contribution in [1.82, 2.24) is 4.90 Å². The number of carboxylic acids is 1. The van der Waals surface area contributed by atoms with Crippen LogP contribution in [0.25, 0.3) is 0 Å². The zero-order valence-electron chi connectivity index (χ0n) is 16.0. The van der Waals surface area contributed by atoms with Crippen molar-refractivity contribution in [1.29, 1.82) is 0 Å². The highest BCUT2D eigenvalue weighted by molar-refractivity contribution is 7.99. The number of fused-ring (bicyclic) bond motifs is 1. The van der Waals surface area contributed by atoms with E-state index >= 15 is 0 Å². The molecule has 2 aliphatic heterocycles. The number of aryl methyl sites for hydroxylation is 1. The molecule has 0 fully saturated rings. The lowest BCUT2D eigenvalue weighted by Gasteiger charge is -2.32. The summed E-state index contributed by atoms with van der Waals surface area (Å²) in [6.45, 7) is 8.18. The van der Waals surface area contributed by atoms with Gasteiger partial charge in [-0.25, -0.2) is 4.79 Å². The molecule has 4 heteroatoms. The molecule has 0 radical (unpaired) electrons. The van der Waals surface area contributed by atoms with Crippen molar-refractivity contribution in [2.45, 2.75) is 56.8 Å². The van der Waals surface area contributed by atoms with E-state index in [9.17, 15) is 9.90 Å². The number of hydrogen-bond acceptors (Lipinski definition) is 3. The van der Waals surface area contributed by atoms with E-state index in [1.807, 2.05) is 17.8 Å². The van der Waals surface area contributed by atoms with Gasteiger partial charge in [0, 0.05) is 18.0 Å². The molecule has 0 aromatic heterocycles. The Hall–Kier alpha value is -1.68. The number of nitrogens with zero attached hydrogens (tertiary/aromatic N) is 1. The van der Waals surface area contributed by atoms with Gasteiger partial charge in [0.2, 0.25) is 0 Å². The molecule has 0 saturated heterocycles. The first kappa shape index (κ1) is 19.1. The van der Waals surface area contributed by atoms with Crippen molar-refractivity contribution in [3.8, 4) is 0 Å². The Labute approximate surface area is 161 Å². The van der Waals surface area contributed by atoms with Gasteiger partial charge in [-0.3, -0.25) is 0 Å². The zero-order valence-corrected chi connectivity index (χ0v) is 16.9. The van der Waals surface area contributed by atoms with Gasteiger partial charge in [0.1, 0.15) is 0 Å². The summed E-state index contributed by atoms with van der Waals surface area (Å²) in [5.41, 5.74) is 4.51. The van der Waals surface area contributed by atoms with E-state index in [2.05, 4.69) is 50.1 Å². The molecule has 3 rings (SSSR count). The van der Waals surface area contributed by atoms with Crippen molar-refractivity contribution >= 4 is 17.7 Å². The van der Waals surface area contributed by atoms with Crippen LogP contribution in [0.1, 0.15) is 51.2 Å². The third-order valence-corrected chi connectivity index (χ3v) is 6.52. The minimum atomic E-state index is -0.784. The van der Waals surface area contributed by atoms with Gasteiger partial charge in [-0.05, 0) is 71.9 Å². The van der Waals surface area contributed by atoms with Gasteiger partial charge in [-0.2, -0.15) is 0 Å². The Bertz CT molecular complexity index is 749. The highest BCUT2D eigenvalue weighted by atomic mass is 32.2. The summed E-state index contributed by atoms with van der Waals surface area (Å²) in [5, 5.41) is 9.60. The summed E-state index contributed by atoms with van der Waals surface area (Å²) in [4.78, 5) is 15.2. The maximum atomic E-state index is 11.7. The lowest BCUT2D eigenvalue weighted by Crippen LogP contribution is -2.27. The second-order valence-electron chi connectivity index (χ2n) is 7.91. The number of carbonyl (C=O) groups is 1. The summed E-state index contributed by atoms with van der Waals surface area (Å²) >= 11 is 1.95. The fourth-order valence-electron chi connectivity index (χ4n) is 3.75. The largest absolute Gasteiger partial charge is 0.478 e. The maximum absolute atomic E-state index is 11.7. The Balaban J connectivity index is 1.75. The second kappa shape index (κ2) is 7.91. The summed E-state index contributed by atoms with van der Waals surface area (Å²) < 4.78 is 0. The topological polar surface area (TPSA) is 40.5 Å². The van der Waals surface area contributed by atoms with Crippen LogP contribution in [0.2, 0.25) is 0 Å². The highest BCUT2D eigenvalue weighted by Crippen LogP contribution is 2.41. The van der Waals surface area contributed by atoms with Gasteiger partial charge in [0.05, 0.1) is 5.57 Å². The highest BCUT2D eigenvalue weighted by Gasteiger charge is 2.28. The quantitative estimate of drug-likeness (QED) is 0.763. The number of aliphatic carboxylic acids is 1. The molecule has 0 aliphatic carbocycles. The van der Waals surface area contributed by atoms with E-state index in [0.717, 1.165) is 31.4 Å². The molecular formula is C22H29NO2S. The number of thioether (sulfide) groups is 1. The molecule has 0 bridgehead atoms. The predicted molar refractivity (Wildman–Crippen MR) is 109 cm³/mol. The number of rotatable bonds is 6. The third-order valence-electron chi connectivity index (χ3n) is 5.45. The molecule has 26 heavy (non-hydrogen) atoms. The van der Waals surface area contributed by atoms with Crippen LogP contribution in [0.5, 0.6) is 0 Å². The van der Waals surface area contributed by atoms with E-state index in [1.165, 1.54) is 28.2 Å². The first-order chi connectivity index (χ1) is 12.4. The molecule has 0 amide bonds. The fraction of sp³-hybridized carbons (Fsp3) is 0.500. The van der Waals surface area contributed by atoms with E-state index in [1.54, 1.807) is 0 Å². The standard InChI is InChI=1S/C22H29NO2S/c1-4-11-23-12-9-17(18(15-23)21(24)25)7-5-16-6-8-20-19(14-16)22(2,3)10-13-26-20/h6,8-9,12,14H,4-5,7,10-11,13,15H2,1-3H3,(H,24,25). The molecule has 140 valence electrons. The van der Waals surface area contributed by atoms with E-state index in [-0.39, 0.29) is 5.41 Å². The smallest absolute Gasteiger partial charge is 0.333 e. The molecular weight excluding hydrogens is 342 g/mol. The van der Waals surface area contributed by atoms with E-state index < -0.39 is 5.97 Å². The van der Waals surface area contributed by atoms with Crippen LogP contribution in [0, 0.1) is 0 Å². The Morgan fingerprint density at radius 1 is 1.31 bits per heavy atom. The van der Waals surface area contributed by atoms with Crippen molar-refractivity contribution in [2.75, 3.05) is 18.8 Å². The average Bonchev–Trinajstić information content (AvgIpc) is 2.61. The maximum Gasteiger partial charge on any atom is 0.333 e. The second-order valence-corrected chi connectivity index (χ2v) is 9.04. The van der Waals surface area contributed by atoms with Gasteiger partial charge in [0.25, 0.3) is 0 Å². The molecule has 0 unspecified atom stereocenters. The van der Waals surface area contributed by atoms with Crippen molar-refractivity contribution in [3.63, 3.8) is 0 Å². The van der Waals surface area contributed by atoms with Crippen molar-refractivity contribution in [3.05, 3.63) is 52.7 Å². The monoisotopic (exact) mass is 371 g/mol. The van der Waals surface area contributed by atoms with Gasteiger partial charge < -0.3 is 10.0 Å². The van der Waals surface area contributed by atoms with Crippen LogP contribution in [0.4, 0.5) is 0 Å². The number of hydrogen-bond donors (Lipinski definition) is 1. The molecule has 0 spiro atoms. The van der Waals surface area contributed by atoms with Crippen LogP contribution >= 0.6 is 11.8 Å².